The molecule has 0 fully saturated rings. The summed E-state index contributed by atoms with van der Waals surface area (Å²) in [5, 5.41) is 11.5. The van der Waals surface area contributed by atoms with Gasteiger partial charge in [-0.15, -0.1) is 0 Å². The van der Waals surface area contributed by atoms with Crippen molar-refractivity contribution in [2.75, 3.05) is 19.6 Å². The van der Waals surface area contributed by atoms with Crippen molar-refractivity contribution >= 4 is 5.97 Å². The minimum absolute atomic E-state index is 0.458. The van der Waals surface area contributed by atoms with Gasteiger partial charge in [0, 0.05) is 0 Å². The summed E-state index contributed by atoms with van der Waals surface area (Å²) in [4.78, 5) is 10.2. The maximum absolute atomic E-state index is 10.2. The molecule has 0 heterocycles. The summed E-state index contributed by atoms with van der Waals surface area (Å²) in [5.74, 6) is -0.948. The van der Waals surface area contributed by atoms with Gasteiger partial charge in [0.05, 0.1) is 0 Å². The Morgan fingerprint density at radius 1 is 1.50 bits per heavy atom. The first-order valence-electron chi connectivity index (χ1n) is 4.07. The quantitative estimate of drug-likeness (QED) is 0.361. The van der Waals surface area contributed by atoms with Gasteiger partial charge in [0.2, 0.25) is 0 Å². The van der Waals surface area contributed by atoms with Crippen LogP contribution in [0.4, 0.5) is 0 Å². The first-order chi connectivity index (χ1) is 5.68. The van der Waals surface area contributed by atoms with Crippen molar-refractivity contribution in [3.8, 4) is 0 Å². The number of nitrogens with one attached hydrogen (secondary N) is 1. The fraction of sp³-hybridized carbons (Fsp3) is 0.857. The number of carbonyl (C=O) groups is 1. The van der Waals surface area contributed by atoms with Crippen LogP contribution >= 0.6 is 0 Å². The SMILES string of the molecule is NCCCNCC[C@H](N)C(=O)O. The molecule has 5 nitrogen and oxygen atoms in total. The van der Waals surface area contributed by atoms with E-state index >= 15 is 0 Å². The van der Waals surface area contributed by atoms with Gasteiger partial charge in [-0.2, -0.15) is 0 Å². The average Bonchev–Trinajstić information content (AvgIpc) is 2.03. The van der Waals surface area contributed by atoms with E-state index < -0.39 is 12.0 Å². The summed E-state index contributed by atoms with van der Waals surface area (Å²) in [6.07, 6.45) is 1.36. The third kappa shape index (κ3) is 6.09. The van der Waals surface area contributed by atoms with Crippen molar-refractivity contribution in [3.63, 3.8) is 0 Å². The summed E-state index contributed by atoms with van der Waals surface area (Å²) < 4.78 is 0. The van der Waals surface area contributed by atoms with Crippen LogP contribution in [0.15, 0.2) is 0 Å². The molecule has 0 amide bonds. The van der Waals surface area contributed by atoms with Crippen LogP contribution in [0.3, 0.4) is 0 Å². The van der Waals surface area contributed by atoms with E-state index in [0.717, 1.165) is 13.0 Å². The molecule has 0 aromatic carbocycles. The molecule has 0 bridgehead atoms. The zero-order chi connectivity index (χ0) is 9.40. The minimum Gasteiger partial charge on any atom is -0.480 e. The highest BCUT2D eigenvalue weighted by atomic mass is 16.4. The molecule has 0 aliphatic carbocycles. The molecular weight excluding hydrogens is 158 g/mol. The second-order valence-electron chi connectivity index (χ2n) is 2.63. The number of hydrogen-bond acceptors (Lipinski definition) is 4. The Morgan fingerprint density at radius 3 is 2.67 bits per heavy atom. The highest BCUT2D eigenvalue weighted by Crippen LogP contribution is 1.85. The Labute approximate surface area is 72.1 Å². The zero-order valence-electron chi connectivity index (χ0n) is 7.12. The van der Waals surface area contributed by atoms with E-state index in [4.69, 9.17) is 16.6 Å². The standard InChI is InChI=1S/C7H17N3O2/c8-3-1-4-10-5-2-6(9)7(11)12/h6,10H,1-5,8-9H2,(H,11,12)/t6-/m0/s1. The Balaban J connectivity index is 3.14. The molecule has 0 aromatic heterocycles. The van der Waals surface area contributed by atoms with Crippen molar-refractivity contribution in [1.82, 2.24) is 5.32 Å². The highest BCUT2D eigenvalue weighted by Gasteiger charge is 2.09. The predicted octanol–water partition coefficient (Wildman–Crippen LogP) is -1.27. The van der Waals surface area contributed by atoms with Crippen LogP contribution in [0.1, 0.15) is 12.8 Å². The van der Waals surface area contributed by atoms with E-state index in [9.17, 15) is 4.79 Å². The summed E-state index contributed by atoms with van der Waals surface area (Å²) in [6.45, 7) is 2.11. The highest BCUT2D eigenvalue weighted by molar-refractivity contribution is 5.72. The zero-order valence-corrected chi connectivity index (χ0v) is 7.12. The first-order valence-corrected chi connectivity index (χ1v) is 4.07. The van der Waals surface area contributed by atoms with E-state index in [1.165, 1.54) is 0 Å². The number of nitrogens with two attached hydrogens (primary N) is 2. The van der Waals surface area contributed by atoms with Crippen LogP contribution in [0.25, 0.3) is 0 Å². The van der Waals surface area contributed by atoms with Crippen molar-refractivity contribution in [3.05, 3.63) is 0 Å². The van der Waals surface area contributed by atoms with E-state index in [-0.39, 0.29) is 0 Å². The minimum atomic E-state index is -0.948. The number of rotatable bonds is 7. The summed E-state index contributed by atoms with van der Waals surface area (Å²) in [7, 11) is 0. The lowest BCUT2D eigenvalue weighted by molar-refractivity contribution is -0.138. The Morgan fingerprint density at radius 2 is 2.17 bits per heavy atom. The lowest BCUT2D eigenvalue weighted by Crippen LogP contribution is -2.34. The van der Waals surface area contributed by atoms with Gasteiger partial charge >= 0.3 is 5.97 Å². The maximum Gasteiger partial charge on any atom is 0.320 e. The topological polar surface area (TPSA) is 101 Å². The van der Waals surface area contributed by atoms with Crippen molar-refractivity contribution in [1.29, 1.82) is 0 Å². The average molecular weight is 175 g/mol. The Kier molecular flexibility index (Phi) is 6.64. The van der Waals surface area contributed by atoms with Crippen LogP contribution in [-0.4, -0.2) is 36.8 Å². The Hall–Kier alpha value is -0.650. The molecule has 0 radical (unpaired) electrons. The fourth-order valence-electron chi connectivity index (χ4n) is 0.733. The van der Waals surface area contributed by atoms with Crippen LogP contribution in [0, 0.1) is 0 Å². The van der Waals surface area contributed by atoms with Crippen LogP contribution in [-0.2, 0) is 4.79 Å². The molecule has 12 heavy (non-hydrogen) atoms. The molecule has 0 saturated heterocycles. The predicted molar refractivity (Wildman–Crippen MR) is 46.8 cm³/mol. The van der Waals surface area contributed by atoms with Crippen LogP contribution in [0.2, 0.25) is 0 Å². The molecule has 0 unspecified atom stereocenters. The molecule has 6 N–H and O–H groups in total. The molecule has 0 saturated carbocycles. The van der Waals surface area contributed by atoms with Crippen molar-refractivity contribution < 1.29 is 9.90 Å². The van der Waals surface area contributed by atoms with Crippen molar-refractivity contribution in [2.45, 2.75) is 18.9 Å². The van der Waals surface area contributed by atoms with Gasteiger partial charge in [-0.05, 0) is 32.5 Å². The van der Waals surface area contributed by atoms with Gasteiger partial charge in [-0.1, -0.05) is 0 Å². The third-order valence-corrected chi connectivity index (χ3v) is 1.51. The molecule has 0 spiro atoms. The number of hydrogen-bond donors (Lipinski definition) is 4. The number of carboxylic acids is 1. The monoisotopic (exact) mass is 175 g/mol. The largest absolute Gasteiger partial charge is 0.480 e. The second kappa shape index (κ2) is 7.02. The van der Waals surface area contributed by atoms with Gasteiger partial charge in [-0.25, -0.2) is 0 Å². The summed E-state index contributed by atoms with van der Waals surface area (Å²) in [5.41, 5.74) is 10.5. The lowest BCUT2D eigenvalue weighted by atomic mass is 10.2. The molecule has 0 rings (SSSR count). The molecule has 72 valence electrons. The maximum atomic E-state index is 10.2. The van der Waals surface area contributed by atoms with E-state index in [0.29, 0.717) is 19.5 Å². The lowest BCUT2D eigenvalue weighted by Gasteiger charge is -2.06. The van der Waals surface area contributed by atoms with E-state index in [2.05, 4.69) is 5.32 Å². The summed E-state index contributed by atoms with van der Waals surface area (Å²) >= 11 is 0. The first kappa shape index (κ1) is 11.4. The van der Waals surface area contributed by atoms with Gasteiger partial charge in [0.15, 0.2) is 0 Å². The van der Waals surface area contributed by atoms with Crippen LogP contribution < -0.4 is 16.8 Å². The molecule has 1 atom stereocenters. The molecule has 5 heteroatoms. The van der Waals surface area contributed by atoms with Gasteiger partial charge in [0.1, 0.15) is 6.04 Å². The second-order valence-corrected chi connectivity index (χ2v) is 2.63. The number of aliphatic carboxylic acids is 1. The summed E-state index contributed by atoms with van der Waals surface area (Å²) in [6, 6.07) is -0.754. The van der Waals surface area contributed by atoms with Crippen LogP contribution in [0.5, 0.6) is 0 Å². The van der Waals surface area contributed by atoms with Gasteiger partial charge in [-0.3, -0.25) is 4.79 Å². The van der Waals surface area contributed by atoms with Gasteiger partial charge in [0.25, 0.3) is 0 Å². The van der Waals surface area contributed by atoms with E-state index in [1.807, 2.05) is 0 Å². The molecule has 0 aliphatic heterocycles. The number of carboxylic acid groups (broad SMARTS) is 1. The van der Waals surface area contributed by atoms with E-state index in [1.54, 1.807) is 0 Å². The molecular formula is C7H17N3O2. The van der Waals surface area contributed by atoms with Crippen molar-refractivity contribution in [2.24, 2.45) is 11.5 Å². The Bertz CT molecular complexity index is 130. The normalized spacial score (nSPS) is 12.8. The molecule has 0 aliphatic rings. The smallest absolute Gasteiger partial charge is 0.320 e. The molecule has 0 aromatic rings. The van der Waals surface area contributed by atoms with Gasteiger partial charge < -0.3 is 21.9 Å². The fourth-order valence-corrected chi connectivity index (χ4v) is 0.733. The third-order valence-electron chi connectivity index (χ3n) is 1.51.